The highest BCUT2D eigenvalue weighted by atomic mass is 35.5. The number of aromatic hydroxyl groups is 1. The summed E-state index contributed by atoms with van der Waals surface area (Å²) in [6.45, 7) is 1.50. The van der Waals surface area contributed by atoms with Crippen LogP contribution in [-0.4, -0.2) is 27.0 Å². The van der Waals surface area contributed by atoms with E-state index >= 15 is 0 Å². The maximum atomic E-state index is 14.1. The van der Waals surface area contributed by atoms with Crippen LogP contribution in [0, 0.1) is 0 Å². The Hall–Kier alpha value is -2.71. The zero-order valence-corrected chi connectivity index (χ0v) is 16.5. The molecule has 0 saturated carbocycles. The van der Waals surface area contributed by atoms with Gasteiger partial charge >= 0.3 is 6.18 Å². The number of aromatic amines is 1. The van der Waals surface area contributed by atoms with Gasteiger partial charge in [0.2, 0.25) is 5.56 Å². The van der Waals surface area contributed by atoms with Crippen molar-refractivity contribution < 1.29 is 23.4 Å². The molecule has 0 bridgehead atoms. The Bertz CT molecular complexity index is 1190. The van der Waals surface area contributed by atoms with Crippen molar-refractivity contribution in [3.05, 3.63) is 69.0 Å². The van der Waals surface area contributed by atoms with Gasteiger partial charge in [-0.25, -0.2) is 0 Å². The second-order valence-corrected chi connectivity index (χ2v) is 8.00. The van der Waals surface area contributed by atoms with Crippen LogP contribution in [0.25, 0.3) is 10.9 Å². The van der Waals surface area contributed by atoms with Crippen LogP contribution in [0.4, 0.5) is 18.9 Å². The van der Waals surface area contributed by atoms with Crippen molar-refractivity contribution in [2.45, 2.75) is 37.1 Å². The quantitative estimate of drug-likeness (QED) is 0.461. The van der Waals surface area contributed by atoms with E-state index in [1.807, 2.05) is 0 Å². The van der Waals surface area contributed by atoms with E-state index in [-0.39, 0.29) is 27.5 Å². The third-order valence-electron chi connectivity index (χ3n) is 5.66. The molecule has 4 N–H and O–H groups in total. The summed E-state index contributed by atoms with van der Waals surface area (Å²) in [6.07, 6.45) is -5.60. The lowest BCUT2D eigenvalue weighted by Gasteiger charge is -2.45. The Labute approximate surface area is 174 Å². The molecule has 1 aliphatic carbocycles. The second kappa shape index (κ2) is 6.92. The molecule has 3 atom stereocenters. The summed E-state index contributed by atoms with van der Waals surface area (Å²) < 4.78 is 42.2. The van der Waals surface area contributed by atoms with Crippen LogP contribution < -0.4 is 10.9 Å². The number of hydrogen-bond donors (Lipinski definition) is 4. The van der Waals surface area contributed by atoms with Gasteiger partial charge in [-0.1, -0.05) is 30.7 Å². The van der Waals surface area contributed by atoms with Crippen molar-refractivity contribution in [2.75, 3.05) is 5.32 Å². The highest BCUT2D eigenvalue weighted by Crippen LogP contribution is 2.55. The SMILES string of the molecule is C[C@H]1C[C@](O)(C(F)(F)F)[C@@H](Nc2cccc3[nH]c(=O)ccc23)c2ccc(Cl)c(O)c21. The van der Waals surface area contributed by atoms with E-state index in [4.69, 9.17) is 11.6 Å². The van der Waals surface area contributed by atoms with Gasteiger partial charge in [0.15, 0.2) is 5.60 Å². The van der Waals surface area contributed by atoms with E-state index < -0.39 is 30.2 Å². The first kappa shape index (κ1) is 20.6. The Morgan fingerprint density at radius 3 is 2.63 bits per heavy atom. The minimum atomic E-state index is -4.94. The summed E-state index contributed by atoms with van der Waals surface area (Å²) in [6, 6.07) is 8.61. The maximum absolute atomic E-state index is 14.1. The first-order valence-electron chi connectivity index (χ1n) is 9.22. The Kier molecular flexibility index (Phi) is 4.74. The van der Waals surface area contributed by atoms with Crippen LogP contribution in [-0.2, 0) is 0 Å². The zero-order valence-electron chi connectivity index (χ0n) is 15.7. The fourth-order valence-corrected chi connectivity index (χ4v) is 4.42. The lowest BCUT2D eigenvalue weighted by molar-refractivity contribution is -0.272. The molecule has 158 valence electrons. The standard InChI is InChI=1S/C21H18ClF3N2O3/c1-10-9-20(30,21(23,24)25)19(12-5-7-13(22)18(29)17(10)12)27-15-4-2-3-14-11(15)6-8-16(28)26-14/h2-8,10,19,27,29-30H,9H2,1H3,(H,26,28)/t10-,19-,20+/m0/s1. The molecule has 4 rings (SSSR count). The molecule has 2 aromatic carbocycles. The van der Waals surface area contributed by atoms with Gasteiger partial charge in [-0.3, -0.25) is 4.79 Å². The second-order valence-electron chi connectivity index (χ2n) is 7.59. The number of fused-ring (bicyclic) bond motifs is 2. The molecule has 0 amide bonds. The summed E-state index contributed by atoms with van der Waals surface area (Å²) in [5.74, 6) is -1.08. The Morgan fingerprint density at radius 1 is 1.20 bits per heavy atom. The molecule has 0 fully saturated rings. The summed E-state index contributed by atoms with van der Waals surface area (Å²) in [5.41, 5.74) is -2.33. The highest BCUT2D eigenvalue weighted by Gasteiger charge is 2.62. The predicted octanol–water partition coefficient (Wildman–Crippen LogP) is 4.84. The summed E-state index contributed by atoms with van der Waals surface area (Å²) in [7, 11) is 0. The van der Waals surface area contributed by atoms with Crippen molar-refractivity contribution >= 4 is 28.2 Å². The number of hydrogen-bond acceptors (Lipinski definition) is 4. The number of benzene rings is 2. The van der Waals surface area contributed by atoms with Crippen molar-refractivity contribution in [2.24, 2.45) is 0 Å². The molecule has 9 heteroatoms. The van der Waals surface area contributed by atoms with Gasteiger partial charge in [0.1, 0.15) is 5.75 Å². The molecule has 0 saturated heterocycles. The maximum Gasteiger partial charge on any atom is 0.419 e. The highest BCUT2D eigenvalue weighted by molar-refractivity contribution is 6.32. The minimum Gasteiger partial charge on any atom is -0.506 e. The van der Waals surface area contributed by atoms with Gasteiger partial charge in [-0.15, -0.1) is 0 Å². The number of halogens is 4. The number of aromatic nitrogens is 1. The van der Waals surface area contributed by atoms with Gasteiger partial charge in [-0.2, -0.15) is 13.2 Å². The van der Waals surface area contributed by atoms with Crippen LogP contribution in [0.2, 0.25) is 5.02 Å². The topological polar surface area (TPSA) is 85.4 Å². The fourth-order valence-electron chi connectivity index (χ4n) is 4.26. The number of alkyl halides is 3. The Morgan fingerprint density at radius 2 is 1.93 bits per heavy atom. The van der Waals surface area contributed by atoms with Gasteiger partial charge in [-0.05, 0) is 42.2 Å². The third kappa shape index (κ3) is 3.11. The van der Waals surface area contributed by atoms with E-state index in [0.29, 0.717) is 16.6 Å². The molecule has 5 nitrogen and oxygen atoms in total. The number of H-pyrrole nitrogens is 1. The summed E-state index contributed by atoms with van der Waals surface area (Å²) >= 11 is 5.98. The van der Waals surface area contributed by atoms with Crippen molar-refractivity contribution in [1.82, 2.24) is 4.98 Å². The number of nitrogens with one attached hydrogen (secondary N) is 2. The smallest absolute Gasteiger partial charge is 0.419 e. The number of pyridine rings is 1. The normalized spacial score (nSPS) is 23.9. The van der Waals surface area contributed by atoms with E-state index in [1.54, 1.807) is 18.2 Å². The average molecular weight is 439 g/mol. The molecule has 0 spiro atoms. The van der Waals surface area contributed by atoms with Crippen LogP contribution >= 0.6 is 11.6 Å². The average Bonchev–Trinajstić information content (AvgIpc) is 2.66. The van der Waals surface area contributed by atoms with Gasteiger partial charge < -0.3 is 20.5 Å². The zero-order chi connectivity index (χ0) is 21.8. The molecule has 1 aliphatic rings. The number of rotatable bonds is 2. The molecule has 0 aliphatic heterocycles. The minimum absolute atomic E-state index is 0.0273. The van der Waals surface area contributed by atoms with E-state index in [1.165, 1.54) is 31.2 Å². The molecular weight excluding hydrogens is 421 g/mol. The van der Waals surface area contributed by atoms with Crippen molar-refractivity contribution in [1.29, 1.82) is 0 Å². The summed E-state index contributed by atoms with van der Waals surface area (Å²) in [5, 5.41) is 24.6. The van der Waals surface area contributed by atoms with E-state index in [2.05, 4.69) is 10.3 Å². The molecular formula is C21H18ClF3N2O3. The number of phenolic OH excluding ortho intramolecular Hbond substituents is 1. The molecule has 1 heterocycles. The van der Waals surface area contributed by atoms with Crippen molar-refractivity contribution in [3.63, 3.8) is 0 Å². The third-order valence-corrected chi connectivity index (χ3v) is 5.96. The lowest BCUT2D eigenvalue weighted by atomic mass is 9.70. The van der Waals surface area contributed by atoms with E-state index in [0.717, 1.165) is 0 Å². The van der Waals surface area contributed by atoms with Gasteiger partial charge in [0.05, 0.1) is 16.6 Å². The molecule has 0 unspecified atom stereocenters. The number of aliphatic hydroxyl groups is 1. The summed E-state index contributed by atoms with van der Waals surface area (Å²) in [4.78, 5) is 14.2. The van der Waals surface area contributed by atoms with Crippen LogP contribution in [0.5, 0.6) is 5.75 Å². The lowest BCUT2D eigenvalue weighted by Crippen LogP contribution is -2.55. The number of anilines is 1. The number of phenols is 1. The van der Waals surface area contributed by atoms with Crippen LogP contribution in [0.15, 0.2) is 47.3 Å². The molecule has 0 radical (unpaired) electrons. The molecule has 3 aromatic rings. The fraction of sp³-hybridized carbons (Fsp3) is 0.286. The van der Waals surface area contributed by atoms with Crippen LogP contribution in [0.1, 0.15) is 36.4 Å². The van der Waals surface area contributed by atoms with Crippen LogP contribution in [0.3, 0.4) is 0 Å². The van der Waals surface area contributed by atoms with Gasteiger partial charge in [0.25, 0.3) is 0 Å². The van der Waals surface area contributed by atoms with E-state index in [9.17, 15) is 28.2 Å². The first-order chi connectivity index (χ1) is 14.0. The largest absolute Gasteiger partial charge is 0.506 e. The molecule has 1 aromatic heterocycles. The van der Waals surface area contributed by atoms with Gasteiger partial charge in [0, 0.05) is 22.7 Å². The monoisotopic (exact) mass is 438 g/mol. The first-order valence-corrected chi connectivity index (χ1v) is 9.59. The predicted molar refractivity (Wildman–Crippen MR) is 108 cm³/mol. The molecule has 30 heavy (non-hydrogen) atoms. The Balaban J connectivity index is 1.93. The van der Waals surface area contributed by atoms with Crippen molar-refractivity contribution in [3.8, 4) is 5.75 Å².